The molecule has 5 rings (SSSR count). The number of methoxy groups -OCH3 is 1. The van der Waals surface area contributed by atoms with E-state index in [1.54, 1.807) is 32.6 Å². The van der Waals surface area contributed by atoms with Crippen LogP contribution in [-0.2, 0) is 11.8 Å². The van der Waals surface area contributed by atoms with Gasteiger partial charge in [0.15, 0.2) is 5.75 Å². The number of rotatable bonds is 3. The van der Waals surface area contributed by atoms with Crippen molar-refractivity contribution in [2.45, 2.75) is 6.10 Å². The molecule has 2 N–H and O–H groups in total. The summed E-state index contributed by atoms with van der Waals surface area (Å²) in [6, 6.07) is 14.8. The van der Waals surface area contributed by atoms with Gasteiger partial charge < -0.3 is 24.3 Å². The first kappa shape index (κ1) is 18.1. The average molecular weight is 401 g/mol. The summed E-state index contributed by atoms with van der Waals surface area (Å²) in [4.78, 5) is 28.2. The predicted octanol–water partition coefficient (Wildman–Crippen LogP) is 3.61. The summed E-state index contributed by atoms with van der Waals surface area (Å²) < 4.78 is 13.2. The van der Waals surface area contributed by atoms with Crippen molar-refractivity contribution in [3.63, 3.8) is 0 Å². The Morgan fingerprint density at radius 1 is 1.07 bits per heavy atom. The van der Waals surface area contributed by atoms with E-state index in [4.69, 9.17) is 9.47 Å². The quantitative estimate of drug-likeness (QED) is 0.549. The van der Waals surface area contributed by atoms with Gasteiger partial charge in [0.25, 0.3) is 11.5 Å². The van der Waals surface area contributed by atoms with Crippen LogP contribution in [0.1, 0.15) is 11.7 Å². The lowest BCUT2D eigenvalue weighted by atomic mass is 9.99. The van der Waals surface area contributed by atoms with Crippen LogP contribution in [0.15, 0.2) is 65.7 Å². The standard InChI is InChI=1S/C23H19N3O4/c1-26-12-17(15-8-9-24-19(15)23(26)28)16-10-14(29-2)11-18-21(16)30-20(22(27)25-18)13-6-4-3-5-7-13/h3-12,20,24H,1-2H3,(H,25,27). The molecule has 0 aliphatic carbocycles. The number of pyridine rings is 1. The van der Waals surface area contributed by atoms with E-state index in [9.17, 15) is 9.59 Å². The zero-order valence-corrected chi connectivity index (χ0v) is 16.4. The first-order chi connectivity index (χ1) is 14.6. The van der Waals surface area contributed by atoms with Gasteiger partial charge in [0, 0.05) is 47.6 Å². The monoisotopic (exact) mass is 401 g/mol. The number of nitrogens with zero attached hydrogens (tertiary/aromatic N) is 1. The summed E-state index contributed by atoms with van der Waals surface area (Å²) in [5.41, 5.74) is 3.20. The first-order valence-corrected chi connectivity index (χ1v) is 9.48. The number of fused-ring (bicyclic) bond motifs is 2. The van der Waals surface area contributed by atoms with Crippen LogP contribution >= 0.6 is 0 Å². The molecule has 0 saturated carbocycles. The van der Waals surface area contributed by atoms with Gasteiger partial charge in [-0.05, 0) is 12.1 Å². The summed E-state index contributed by atoms with van der Waals surface area (Å²) in [6.07, 6.45) is 2.72. The second-order valence-electron chi connectivity index (χ2n) is 7.17. The molecule has 7 heteroatoms. The molecule has 1 aliphatic heterocycles. The summed E-state index contributed by atoms with van der Waals surface area (Å²) in [6.45, 7) is 0. The molecule has 150 valence electrons. The van der Waals surface area contributed by atoms with Gasteiger partial charge in [0.2, 0.25) is 6.10 Å². The van der Waals surface area contributed by atoms with Crippen LogP contribution in [0.3, 0.4) is 0 Å². The Morgan fingerprint density at radius 2 is 1.87 bits per heavy atom. The molecule has 3 heterocycles. The molecule has 0 radical (unpaired) electrons. The van der Waals surface area contributed by atoms with Crippen molar-refractivity contribution in [2.24, 2.45) is 7.05 Å². The maximum atomic E-state index is 12.7. The number of nitrogens with one attached hydrogen (secondary N) is 2. The first-order valence-electron chi connectivity index (χ1n) is 9.48. The number of benzene rings is 2. The number of anilines is 1. The van der Waals surface area contributed by atoms with Gasteiger partial charge in [0.05, 0.1) is 12.8 Å². The van der Waals surface area contributed by atoms with Gasteiger partial charge >= 0.3 is 0 Å². The molecule has 0 spiro atoms. The van der Waals surface area contributed by atoms with Gasteiger partial charge in [-0.3, -0.25) is 9.59 Å². The van der Waals surface area contributed by atoms with E-state index in [0.29, 0.717) is 22.7 Å². The van der Waals surface area contributed by atoms with E-state index in [-0.39, 0.29) is 11.5 Å². The van der Waals surface area contributed by atoms with E-state index >= 15 is 0 Å². The smallest absolute Gasteiger partial charge is 0.274 e. The predicted molar refractivity (Wildman–Crippen MR) is 114 cm³/mol. The number of carbonyl (C=O) groups excluding carboxylic acids is 1. The zero-order chi connectivity index (χ0) is 20.8. The van der Waals surface area contributed by atoms with E-state index in [2.05, 4.69) is 10.3 Å². The molecule has 1 amide bonds. The summed E-state index contributed by atoms with van der Waals surface area (Å²) >= 11 is 0. The van der Waals surface area contributed by atoms with Crippen molar-refractivity contribution in [3.05, 3.63) is 76.8 Å². The van der Waals surface area contributed by atoms with Gasteiger partial charge in [0.1, 0.15) is 11.3 Å². The van der Waals surface area contributed by atoms with Crippen LogP contribution in [0.2, 0.25) is 0 Å². The van der Waals surface area contributed by atoms with E-state index in [1.165, 1.54) is 4.57 Å². The van der Waals surface area contributed by atoms with Crippen LogP contribution < -0.4 is 20.3 Å². The Balaban J connectivity index is 1.75. The van der Waals surface area contributed by atoms with E-state index in [0.717, 1.165) is 22.1 Å². The molecule has 2 aromatic heterocycles. The lowest BCUT2D eigenvalue weighted by Gasteiger charge is -2.28. The summed E-state index contributed by atoms with van der Waals surface area (Å²) in [7, 11) is 3.27. The molecule has 7 nitrogen and oxygen atoms in total. The molecule has 0 fully saturated rings. The van der Waals surface area contributed by atoms with Crippen LogP contribution in [0.25, 0.3) is 22.0 Å². The highest BCUT2D eigenvalue weighted by molar-refractivity contribution is 6.03. The fourth-order valence-electron chi connectivity index (χ4n) is 3.84. The summed E-state index contributed by atoms with van der Waals surface area (Å²) in [5.74, 6) is 0.855. The lowest BCUT2D eigenvalue weighted by molar-refractivity contribution is -0.123. The number of H-pyrrole nitrogens is 1. The normalized spacial score (nSPS) is 15.4. The van der Waals surface area contributed by atoms with Crippen molar-refractivity contribution in [2.75, 3.05) is 12.4 Å². The van der Waals surface area contributed by atoms with Crippen LogP contribution in [0.5, 0.6) is 11.5 Å². The third-order valence-electron chi connectivity index (χ3n) is 5.32. The van der Waals surface area contributed by atoms with Crippen LogP contribution in [-0.4, -0.2) is 22.6 Å². The zero-order valence-electron chi connectivity index (χ0n) is 16.4. The molecular formula is C23H19N3O4. The Morgan fingerprint density at radius 3 is 2.63 bits per heavy atom. The molecule has 0 bridgehead atoms. The second-order valence-corrected chi connectivity index (χ2v) is 7.17. The number of aryl methyl sites for hydroxylation is 1. The number of hydrogen-bond donors (Lipinski definition) is 2. The maximum absolute atomic E-state index is 12.7. The van der Waals surface area contributed by atoms with E-state index in [1.807, 2.05) is 42.5 Å². The minimum Gasteiger partial charge on any atom is -0.497 e. The van der Waals surface area contributed by atoms with Crippen molar-refractivity contribution in [1.82, 2.24) is 9.55 Å². The average Bonchev–Trinajstić information content (AvgIpc) is 3.26. The minimum atomic E-state index is -0.778. The lowest BCUT2D eigenvalue weighted by Crippen LogP contribution is -2.30. The molecular weight excluding hydrogens is 382 g/mol. The number of aromatic amines is 1. The Labute approximate surface area is 171 Å². The molecule has 2 aromatic carbocycles. The van der Waals surface area contributed by atoms with Crippen LogP contribution in [0, 0.1) is 0 Å². The Kier molecular flexibility index (Phi) is 4.10. The highest BCUT2D eigenvalue weighted by Crippen LogP contribution is 2.46. The fraction of sp³-hybridized carbons (Fsp3) is 0.130. The summed E-state index contributed by atoms with van der Waals surface area (Å²) in [5, 5.41) is 3.71. The van der Waals surface area contributed by atoms with Crippen LogP contribution in [0.4, 0.5) is 5.69 Å². The minimum absolute atomic E-state index is 0.119. The number of amides is 1. The van der Waals surface area contributed by atoms with Gasteiger partial charge in [-0.1, -0.05) is 30.3 Å². The third-order valence-corrected chi connectivity index (χ3v) is 5.32. The number of ether oxygens (including phenoxy) is 2. The second kappa shape index (κ2) is 6.81. The number of hydrogen-bond acceptors (Lipinski definition) is 4. The molecule has 1 unspecified atom stereocenters. The van der Waals surface area contributed by atoms with Crippen molar-refractivity contribution < 1.29 is 14.3 Å². The largest absolute Gasteiger partial charge is 0.497 e. The van der Waals surface area contributed by atoms with Gasteiger partial charge in [-0.2, -0.15) is 0 Å². The number of carbonyl (C=O) groups is 1. The van der Waals surface area contributed by atoms with Gasteiger partial charge in [-0.25, -0.2) is 0 Å². The van der Waals surface area contributed by atoms with Crippen molar-refractivity contribution >= 4 is 22.5 Å². The van der Waals surface area contributed by atoms with Crippen molar-refractivity contribution in [3.8, 4) is 22.6 Å². The fourth-order valence-corrected chi connectivity index (χ4v) is 3.84. The van der Waals surface area contributed by atoms with E-state index < -0.39 is 6.10 Å². The highest BCUT2D eigenvalue weighted by atomic mass is 16.5. The molecule has 0 saturated heterocycles. The molecule has 1 aliphatic rings. The SMILES string of the molecule is COc1cc2c(c(-c3cn(C)c(=O)c4[nH]ccc34)c1)OC(c1ccccc1)C(=O)N2. The van der Waals surface area contributed by atoms with Crippen molar-refractivity contribution in [1.29, 1.82) is 0 Å². The molecule has 30 heavy (non-hydrogen) atoms. The molecule has 4 aromatic rings. The molecule has 1 atom stereocenters. The Hall–Kier alpha value is -4.00. The topological polar surface area (TPSA) is 85.3 Å². The number of aromatic nitrogens is 2. The Bertz CT molecular complexity index is 1340. The third kappa shape index (κ3) is 2.75. The maximum Gasteiger partial charge on any atom is 0.274 e. The van der Waals surface area contributed by atoms with Gasteiger partial charge in [-0.15, -0.1) is 0 Å². The highest BCUT2D eigenvalue weighted by Gasteiger charge is 2.32.